The van der Waals surface area contributed by atoms with Gasteiger partial charge in [-0.1, -0.05) is 15.9 Å². The highest BCUT2D eigenvalue weighted by Crippen LogP contribution is 2.39. The summed E-state index contributed by atoms with van der Waals surface area (Å²) in [6.45, 7) is 0.351. The maximum atomic E-state index is 12.9. The van der Waals surface area contributed by atoms with E-state index in [0.29, 0.717) is 23.9 Å². The van der Waals surface area contributed by atoms with Crippen LogP contribution in [0.3, 0.4) is 0 Å². The number of carbonyl (C=O) groups is 1. The predicted molar refractivity (Wildman–Crippen MR) is 60.7 cm³/mol. The molecule has 0 aliphatic carbocycles. The van der Waals surface area contributed by atoms with Crippen LogP contribution in [0.5, 0.6) is 0 Å². The molecule has 1 aliphatic rings. The minimum absolute atomic E-state index is 0.0526. The van der Waals surface area contributed by atoms with Gasteiger partial charge in [-0.2, -0.15) is 13.2 Å². The van der Waals surface area contributed by atoms with Crippen LogP contribution in [-0.4, -0.2) is 12.5 Å². The van der Waals surface area contributed by atoms with E-state index < -0.39 is 11.7 Å². The van der Waals surface area contributed by atoms with E-state index in [9.17, 15) is 18.0 Å². The van der Waals surface area contributed by atoms with Crippen molar-refractivity contribution < 1.29 is 18.0 Å². The minimum Gasteiger partial charge on any atom is -0.312 e. The van der Waals surface area contributed by atoms with Crippen LogP contribution in [0, 0.1) is 0 Å². The molecule has 1 aromatic rings. The molecular weight excluding hydrogens is 299 g/mol. The molecule has 1 saturated heterocycles. The van der Waals surface area contributed by atoms with Crippen molar-refractivity contribution >= 4 is 27.5 Å². The Bertz CT molecular complexity index is 459. The lowest BCUT2D eigenvalue weighted by Crippen LogP contribution is -2.26. The number of amides is 1. The second-order valence-corrected chi connectivity index (χ2v) is 4.72. The van der Waals surface area contributed by atoms with Crippen LogP contribution < -0.4 is 4.90 Å². The quantitative estimate of drug-likeness (QED) is 0.776. The van der Waals surface area contributed by atoms with Gasteiger partial charge in [-0.05, 0) is 24.6 Å². The van der Waals surface area contributed by atoms with Gasteiger partial charge in [0.05, 0.1) is 11.3 Å². The molecule has 6 heteroatoms. The van der Waals surface area contributed by atoms with Crippen molar-refractivity contribution in [2.24, 2.45) is 0 Å². The van der Waals surface area contributed by atoms with Crippen molar-refractivity contribution in [1.82, 2.24) is 0 Å². The largest absolute Gasteiger partial charge is 0.418 e. The molecule has 1 heterocycles. The molecule has 92 valence electrons. The van der Waals surface area contributed by atoms with Crippen molar-refractivity contribution in [3.05, 3.63) is 28.2 Å². The Morgan fingerprint density at radius 1 is 1.29 bits per heavy atom. The van der Waals surface area contributed by atoms with Crippen molar-refractivity contribution in [3.63, 3.8) is 0 Å². The zero-order valence-electron chi connectivity index (χ0n) is 8.72. The number of hydrogen-bond acceptors (Lipinski definition) is 1. The van der Waals surface area contributed by atoms with Gasteiger partial charge in [0.15, 0.2) is 0 Å². The van der Waals surface area contributed by atoms with Crippen molar-refractivity contribution in [2.75, 3.05) is 11.4 Å². The summed E-state index contributed by atoms with van der Waals surface area (Å²) in [6.07, 6.45) is -3.54. The number of rotatable bonds is 1. The Kier molecular flexibility index (Phi) is 3.16. The van der Waals surface area contributed by atoms with Gasteiger partial charge in [-0.15, -0.1) is 0 Å². The van der Waals surface area contributed by atoms with E-state index in [1.807, 2.05) is 0 Å². The van der Waals surface area contributed by atoms with Gasteiger partial charge in [0.25, 0.3) is 0 Å². The Morgan fingerprint density at radius 2 is 2.00 bits per heavy atom. The average Bonchev–Trinajstić information content (AvgIpc) is 2.63. The summed E-state index contributed by atoms with van der Waals surface area (Å²) in [5, 5.41) is 0. The third-order valence-electron chi connectivity index (χ3n) is 2.63. The predicted octanol–water partition coefficient (Wildman–Crippen LogP) is 3.59. The number of carbonyl (C=O) groups excluding carboxylic acids is 1. The number of hydrogen-bond donors (Lipinski definition) is 0. The topological polar surface area (TPSA) is 20.3 Å². The molecule has 17 heavy (non-hydrogen) atoms. The maximum Gasteiger partial charge on any atom is 0.418 e. The summed E-state index contributed by atoms with van der Waals surface area (Å²) in [5.74, 6) is -0.252. The zero-order chi connectivity index (χ0) is 12.6. The standard InChI is InChI=1S/C11H9BrF3NO/c12-7-3-4-9(8(6-7)11(13,14)15)16-5-1-2-10(16)17/h3-4,6H,1-2,5H2. The fourth-order valence-corrected chi connectivity index (χ4v) is 2.23. The summed E-state index contributed by atoms with van der Waals surface area (Å²) >= 11 is 3.01. The van der Waals surface area contributed by atoms with E-state index >= 15 is 0 Å². The van der Waals surface area contributed by atoms with Crippen molar-refractivity contribution in [1.29, 1.82) is 0 Å². The second-order valence-electron chi connectivity index (χ2n) is 3.81. The van der Waals surface area contributed by atoms with Gasteiger partial charge in [0, 0.05) is 17.4 Å². The van der Waals surface area contributed by atoms with E-state index in [0.717, 1.165) is 6.07 Å². The third-order valence-corrected chi connectivity index (χ3v) is 3.12. The van der Waals surface area contributed by atoms with Gasteiger partial charge in [-0.25, -0.2) is 0 Å². The van der Waals surface area contributed by atoms with Crippen LogP contribution in [0.25, 0.3) is 0 Å². The fraction of sp³-hybridized carbons (Fsp3) is 0.364. The van der Waals surface area contributed by atoms with Crippen LogP contribution in [0.4, 0.5) is 18.9 Å². The molecule has 1 amide bonds. The highest BCUT2D eigenvalue weighted by molar-refractivity contribution is 9.10. The Labute approximate surface area is 105 Å². The minimum atomic E-state index is -4.46. The van der Waals surface area contributed by atoms with E-state index in [2.05, 4.69) is 15.9 Å². The van der Waals surface area contributed by atoms with E-state index in [-0.39, 0.29) is 11.6 Å². The SMILES string of the molecule is O=C1CCCN1c1ccc(Br)cc1C(F)(F)F. The molecule has 1 aliphatic heterocycles. The first-order valence-electron chi connectivity index (χ1n) is 5.07. The van der Waals surface area contributed by atoms with Crippen molar-refractivity contribution in [2.45, 2.75) is 19.0 Å². The highest BCUT2D eigenvalue weighted by Gasteiger charge is 2.37. The molecule has 2 rings (SSSR count). The van der Waals surface area contributed by atoms with Gasteiger partial charge in [0.1, 0.15) is 0 Å². The summed E-state index contributed by atoms with van der Waals surface area (Å²) in [4.78, 5) is 12.7. The average molecular weight is 308 g/mol. The van der Waals surface area contributed by atoms with Crippen molar-refractivity contribution in [3.8, 4) is 0 Å². The first kappa shape index (κ1) is 12.4. The Balaban J connectivity index is 2.50. The second kappa shape index (κ2) is 4.33. The first-order chi connectivity index (χ1) is 7.89. The summed E-state index contributed by atoms with van der Waals surface area (Å²) in [7, 11) is 0. The van der Waals surface area contributed by atoms with Crippen LogP contribution in [0.15, 0.2) is 22.7 Å². The van der Waals surface area contributed by atoms with Crippen LogP contribution >= 0.6 is 15.9 Å². The van der Waals surface area contributed by atoms with Crippen LogP contribution in [0.1, 0.15) is 18.4 Å². The molecule has 0 spiro atoms. The molecule has 0 saturated carbocycles. The lowest BCUT2D eigenvalue weighted by Gasteiger charge is -2.21. The molecule has 0 atom stereocenters. The van der Waals surface area contributed by atoms with E-state index in [1.165, 1.54) is 17.0 Å². The summed E-state index contributed by atoms with van der Waals surface area (Å²) in [5.41, 5.74) is -0.828. The van der Waals surface area contributed by atoms with Gasteiger partial charge in [-0.3, -0.25) is 4.79 Å². The lowest BCUT2D eigenvalue weighted by molar-refractivity contribution is -0.137. The van der Waals surface area contributed by atoms with Gasteiger partial charge in [0.2, 0.25) is 5.91 Å². The summed E-state index contributed by atoms with van der Waals surface area (Å²) in [6, 6.07) is 3.84. The molecule has 1 fully saturated rings. The lowest BCUT2D eigenvalue weighted by atomic mass is 10.1. The fourth-order valence-electron chi connectivity index (χ4n) is 1.87. The Hall–Kier alpha value is -1.04. The number of alkyl halides is 3. The number of halogens is 4. The molecule has 0 aromatic heterocycles. The monoisotopic (exact) mass is 307 g/mol. The molecule has 0 radical (unpaired) electrons. The normalized spacial score (nSPS) is 16.7. The zero-order valence-corrected chi connectivity index (χ0v) is 10.3. The molecule has 0 bridgehead atoms. The van der Waals surface area contributed by atoms with E-state index in [1.54, 1.807) is 0 Å². The Morgan fingerprint density at radius 3 is 2.53 bits per heavy atom. The summed E-state index contributed by atoms with van der Waals surface area (Å²) < 4.78 is 38.9. The van der Waals surface area contributed by atoms with Gasteiger partial charge >= 0.3 is 6.18 Å². The molecule has 2 nitrogen and oxygen atoms in total. The maximum absolute atomic E-state index is 12.9. The first-order valence-corrected chi connectivity index (χ1v) is 5.86. The van der Waals surface area contributed by atoms with E-state index in [4.69, 9.17) is 0 Å². The smallest absolute Gasteiger partial charge is 0.312 e. The van der Waals surface area contributed by atoms with Crippen LogP contribution in [0.2, 0.25) is 0 Å². The third kappa shape index (κ3) is 2.46. The highest BCUT2D eigenvalue weighted by atomic mass is 79.9. The molecular formula is C11H9BrF3NO. The number of benzene rings is 1. The number of anilines is 1. The molecule has 0 unspecified atom stereocenters. The van der Waals surface area contributed by atoms with Gasteiger partial charge < -0.3 is 4.90 Å². The molecule has 0 N–H and O–H groups in total. The molecule has 1 aromatic carbocycles. The number of nitrogens with zero attached hydrogens (tertiary/aromatic N) is 1. The van der Waals surface area contributed by atoms with Crippen LogP contribution in [-0.2, 0) is 11.0 Å².